The highest BCUT2D eigenvalue weighted by Crippen LogP contribution is 2.62. The number of hydrogen-bond acceptors (Lipinski definition) is 7. The lowest BCUT2D eigenvalue weighted by Gasteiger charge is -2.27. The molecule has 2 aliphatic carbocycles. The fourth-order valence-electron chi connectivity index (χ4n) is 3.72. The molecule has 0 aromatic heterocycles. The van der Waals surface area contributed by atoms with E-state index >= 15 is 0 Å². The van der Waals surface area contributed by atoms with Gasteiger partial charge in [-0.1, -0.05) is 6.92 Å². The van der Waals surface area contributed by atoms with E-state index in [2.05, 4.69) is 6.07 Å². The van der Waals surface area contributed by atoms with Crippen molar-refractivity contribution in [2.45, 2.75) is 38.4 Å². The number of carbonyl (C=O) groups excluding carboxylic acids is 3. The van der Waals surface area contributed by atoms with E-state index in [4.69, 9.17) is 14.2 Å². The van der Waals surface area contributed by atoms with Gasteiger partial charge in [0.2, 0.25) is 0 Å². The third-order valence-corrected chi connectivity index (χ3v) is 4.67. The van der Waals surface area contributed by atoms with Gasteiger partial charge in [0.05, 0.1) is 6.07 Å². The summed E-state index contributed by atoms with van der Waals surface area (Å²) in [6.07, 6.45) is 0.136. The third kappa shape index (κ3) is 1.89. The van der Waals surface area contributed by atoms with Crippen LogP contribution in [0.2, 0.25) is 0 Å². The van der Waals surface area contributed by atoms with Gasteiger partial charge in [-0.3, -0.25) is 9.59 Å². The Hall–Kier alpha value is -2.10. The van der Waals surface area contributed by atoms with E-state index in [1.54, 1.807) is 6.92 Å². The monoisotopic (exact) mass is 293 g/mol. The number of esters is 3. The van der Waals surface area contributed by atoms with Gasteiger partial charge >= 0.3 is 17.9 Å². The summed E-state index contributed by atoms with van der Waals surface area (Å²) < 4.78 is 15.3. The SMILES string of the molecule is CCC(=O)OCC(=O)OC1C2CC3C1OC(=O)C3(C#N)C2. The minimum Gasteiger partial charge on any atom is -0.457 e. The molecule has 112 valence electrons. The van der Waals surface area contributed by atoms with Crippen molar-refractivity contribution in [1.82, 2.24) is 0 Å². The van der Waals surface area contributed by atoms with Crippen LogP contribution in [0.5, 0.6) is 0 Å². The zero-order valence-electron chi connectivity index (χ0n) is 11.5. The normalized spacial score (nSPS) is 38.8. The molecule has 1 aliphatic heterocycles. The lowest BCUT2D eigenvalue weighted by atomic mass is 9.75. The summed E-state index contributed by atoms with van der Waals surface area (Å²) in [5, 5.41) is 9.26. The molecule has 1 saturated heterocycles. The van der Waals surface area contributed by atoms with E-state index in [9.17, 15) is 19.6 Å². The minimum atomic E-state index is -1.05. The van der Waals surface area contributed by atoms with E-state index in [-0.39, 0.29) is 18.3 Å². The fourth-order valence-corrected chi connectivity index (χ4v) is 3.72. The Morgan fingerprint density at radius 2 is 2.24 bits per heavy atom. The van der Waals surface area contributed by atoms with Gasteiger partial charge in [-0.25, -0.2) is 4.79 Å². The van der Waals surface area contributed by atoms with Crippen LogP contribution in [-0.4, -0.2) is 36.7 Å². The molecule has 3 aliphatic rings. The van der Waals surface area contributed by atoms with E-state index < -0.39 is 42.1 Å². The highest BCUT2D eigenvalue weighted by molar-refractivity contribution is 5.84. The lowest BCUT2D eigenvalue weighted by Crippen LogP contribution is -2.40. The molecule has 5 atom stereocenters. The molecule has 0 amide bonds. The van der Waals surface area contributed by atoms with Gasteiger partial charge in [0, 0.05) is 18.3 Å². The predicted octanol–water partition coefficient (Wildman–Crippen LogP) is 0.327. The van der Waals surface area contributed by atoms with Gasteiger partial charge in [0.1, 0.15) is 12.2 Å². The van der Waals surface area contributed by atoms with Crippen LogP contribution in [0.1, 0.15) is 26.2 Å². The molecule has 2 bridgehead atoms. The summed E-state index contributed by atoms with van der Waals surface area (Å²) in [5.41, 5.74) is -1.05. The summed E-state index contributed by atoms with van der Waals surface area (Å²) in [6, 6.07) is 2.09. The van der Waals surface area contributed by atoms with E-state index in [0.717, 1.165) is 0 Å². The van der Waals surface area contributed by atoms with Crippen molar-refractivity contribution < 1.29 is 28.6 Å². The average molecular weight is 293 g/mol. The van der Waals surface area contributed by atoms with Crippen molar-refractivity contribution >= 4 is 17.9 Å². The summed E-state index contributed by atoms with van der Waals surface area (Å²) in [5.74, 6) is -1.87. The van der Waals surface area contributed by atoms with Crippen molar-refractivity contribution in [3.8, 4) is 6.07 Å². The van der Waals surface area contributed by atoms with Crippen LogP contribution in [-0.2, 0) is 28.6 Å². The summed E-state index contributed by atoms with van der Waals surface area (Å²) >= 11 is 0. The van der Waals surface area contributed by atoms with Crippen LogP contribution < -0.4 is 0 Å². The zero-order valence-corrected chi connectivity index (χ0v) is 11.5. The highest BCUT2D eigenvalue weighted by atomic mass is 16.6. The summed E-state index contributed by atoms with van der Waals surface area (Å²) in [4.78, 5) is 34.6. The number of carbonyl (C=O) groups is 3. The van der Waals surface area contributed by atoms with Crippen molar-refractivity contribution in [3.05, 3.63) is 0 Å². The van der Waals surface area contributed by atoms with Crippen LogP contribution in [0.15, 0.2) is 0 Å². The minimum absolute atomic E-state index is 0.0445. The van der Waals surface area contributed by atoms with Crippen molar-refractivity contribution in [1.29, 1.82) is 5.26 Å². The molecule has 0 N–H and O–H groups in total. The maximum atomic E-state index is 11.9. The molecule has 1 heterocycles. The van der Waals surface area contributed by atoms with Crippen LogP contribution in [0.3, 0.4) is 0 Å². The summed E-state index contributed by atoms with van der Waals surface area (Å²) in [7, 11) is 0. The first-order valence-electron chi connectivity index (χ1n) is 6.99. The van der Waals surface area contributed by atoms with Gasteiger partial charge in [-0.2, -0.15) is 5.26 Å². The molecule has 3 rings (SSSR count). The molecule has 2 saturated carbocycles. The quantitative estimate of drug-likeness (QED) is 0.543. The molecular formula is C14H15NO6. The first-order chi connectivity index (χ1) is 10.0. The number of ether oxygens (including phenoxy) is 3. The van der Waals surface area contributed by atoms with Crippen LogP contribution >= 0.6 is 0 Å². The first-order valence-corrected chi connectivity index (χ1v) is 6.99. The smallest absolute Gasteiger partial charge is 0.344 e. The Morgan fingerprint density at radius 3 is 2.90 bits per heavy atom. The van der Waals surface area contributed by atoms with Crippen LogP contribution in [0.25, 0.3) is 0 Å². The molecular weight excluding hydrogens is 278 g/mol. The second kappa shape index (κ2) is 4.72. The number of nitrogens with zero attached hydrogens (tertiary/aromatic N) is 1. The summed E-state index contributed by atoms with van der Waals surface area (Å²) in [6.45, 7) is 1.19. The Bertz CT molecular complexity index is 552. The van der Waals surface area contributed by atoms with Crippen molar-refractivity contribution in [3.63, 3.8) is 0 Å². The van der Waals surface area contributed by atoms with Gasteiger partial charge < -0.3 is 14.2 Å². The maximum absolute atomic E-state index is 11.9. The third-order valence-electron chi connectivity index (χ3n) is 4.67. The average Bonchev–Trinajstić information content (AvgIpc) is 3.06. The number of rotatable bonds is 4. The molecule has 0 aromatic carbocycles. The van der Waals surface area contributed by atoms with Gasteiger partial charge in [-0.05, 0) is 12.8 Å². The van der Waals surface area contributed by atoms with E-state index in [1.807, 2.05) is 0 Å². The molecule has 0 spiro atoms. The maximum Gasteiger partial charge on any atom is 0.344 e. The topological polar surface area (TPSA) is 103 Å². The van der Waals surface area contributed by atoms with Crippen LogP contribution in [0.4, 0.5) is 0 Å². The highest BCUT2D eigenvalue weighted by Gasteiger charge is 2.72. The first kappa shape index (κ1) is 13.9. The van der Waals surface area contributed by atoms with Gasteiger partial charge in [0.15, 0.2) is 12.0 Å². The van der Waals surface area contributed by atoms with Crippen LogP contribution in [0, 0.1) is 28.6 Å². The fraction of sp³-hybridized carbons (Fsp3) is 0.714. The number of fused-ring (bicyclic) bond motifs is 1. The predicted molar refractivity (Wildman–Crippen MR) is 65.3 cm³/mol. The Morgan fingerprint density at radius 1 is 1.48 bits per heavy atom. The molecule has 7 nitrogen and oxygen atoms in total. The molecule has 5 unspecified atom stereocenters. The standard InChI is InChI=1S/C14H15NO6/c1-2-9(16)19-5-10(17)20-11-7-3-8-12(11)21-13(18)14(8,4-7)6-15/h7-8,11-12H,2-5H2,1H3. The second-order valence-corrected chi connectivity index (χ2v) is 5.73. The molecule has 3 fully saturated rings. The molecule has 0 aromatic rings. The Kier molecular flexibility index (Phi) is 3.12. The van der Waals surface area contributed by atoms with E-state index in [0.29, 0.717) is 12.8 Å². The Labute approximate surface area is 121 Å². The van der Waals surface area contributed by atoms with Gasteiger partial charge in [-0.15, -0.1) is 0 Å². The second-order valence-electron chi connectivity index (χ2n) is 5.73. The Balaban J connectivity index is 1.63. The number of nitriles is 1. The molecule has 0 radical (unpaired) electrons. The molecule has 21 heavy (non-hydrogen) atoms. The van der Waals surface area contributed by atoms with Crippen molar-refractivity contribution in [2.75, 3.05) is 6.61 Å². The van der Waals surface area contributed by atoms with Gasteiger partial charge in [0.25, 0.3) is 0 Å². The lowest BCUT2D eigenvalue weighted by molar-refractivity contribution is -0.169. The number of hydrogen-bond donors (Lipinski definition) is 0. The van der Waals surface area contributed by atoms with E-state index in [1.165, 1.54) is 0 Å². The zero-order chi connectivity index (χ0) is 15.2. The van der Waals surface area contributed by atoms with Crippen molar-refractivity contribution in [2.24, 2.45) is 17.3 Å². The molecule has 7 heteroatoms. The largest absolute Gasteiger partial charge is 0.457 e.